The Kier molecular flexibility index (Phi) is 8.40. The van der Waals surface area contributed by atoms with Gasteiger partial charge in [0.25, 0.3) is 5.91 Å². The van der Waals surface area contributed by atoms with Crippen molar-refractivity contribution in [2.24, 2.45) is 0 Å². The standard InChI is InChI=1S/C19H20Cl2N4O5S/c1-25(2)31(29,30)14-5-3-4-13(9-14)24-18(27)11-22-17(26)10-23-19(28)15-7-6-12(20)8-16(15)21/h3-9H,10-11H2,1-2H3,(H,22,26)(H,23,28)(H,24,27). The summed E-state index contributed by atoms with van der Waals surface area (Å²) >= 11 is 11.7. The summed E-state index contributed by atoms with van der Waals surface area (Å²) in [6, 6.07) is 10.0. The van der Waals surface area contributed by atoms with Crippen molar-refractivity contribution in [2.75, 3.05) is 32.5 Å². The van der Waals surface area contributed by atoms with E-state index < -0.39 is 27.7 Å². The molecule has 0 aliphatic carbocycles. The maximum atomic E-state index is 12.2. The number of nitrogens with zero attached hydrogens (tertiary/aromatic N) is 1. The number of sulfonamides is 1. The molecule has 0 saturated carbocycles. The fourth-order valence-corrected chi connectivity index (χ4v) is 3.76. The summed E-state index contributed by atoms with van der Waals surface area (Å²) in [6.45, 7) is -0.747. The maximum Gasteiger partial charge on any atom is 0.253 e. The minimum atomic E-state index is -3.65. The Labute approximate surface area is 189 Å². The second kappa shape index (κ2) is 10.6. The number of carbonyl (C=O) groups is 3. The number of amides is 3. The number of benzene rings is 2. The van der Waals surface area contributed by atoms with Crippen LogP contribution in [0, 0.1) is 0 Å². The zero-order valence-electron chi connectivity index (χ0n) is 16.6. The molecule has 0 aliphatic heterocycles. The van der Waals surface area contributed by atoms with Gasteiger partial charge in [-0.05, 0) is 36.4 Å². The molecule has 0 heterocycles. The van der Waals surface area contributed by atoms with Gasteiger partial charge in [0, 0.05) is 24.8 Å². The van der Waals surface area contributed by atoms with Crippen LogP contribution in [0.2, 0.25) is 10.0 Å². The van der Waals surface area contributed by atoms with Crippen LogP contribution in [0.4, 0.5) is 5.69 Å². The van der Waals surface area contributed by atoms with E-state index in [0.29, 0.717) is 5.02 Å². The average Bonchev–Trinajstić information content (AvgIpc) is 2.70. The fraction of sp³-hybridized carbons (Fsp3) is 0.211. The molecule has 0 aromatic heterocycles. The Morgan fingerprint density at radius 1 is 0.935 bits per heavy atom. The van der Waals surface area contributed by atoms with Gasteiger partial charge in [-0.15, -0.1) is 0 Å². The van der Waals surface area contributed by atoms with E-state index in [1.54, 1.807) is 0 Å². The average molecular weight is 487 g/mol. The van der Waals surface area contributed by atoms with Gasteiger partial charge in [0.15, 0.2) is 0 Å². The third-order valence-corrected chi connectivity index (χ3v) is 6.29. The van der Waals surface area contributed by atoms with E-state index in [-0.39, 0.29) is 34.3 Å². The van der Waals surface area contributed by atoms with Crippen molar-refractivity contribution in [3.8, 4) is 0 Å². The molecular weight excluding hydrogens is 467 g/mol. The Morgan fingerprint density at radius 3 is 2.26 bits per heavy atom. The summed E-state index contributed by atoms with van der Waals surface area (Å²) < 4.78 is 25.4. The first-order valence-corrected chi connectivity index (χ1v) is 11.0. The molecule has 3 N–H and O–H groups in total. The van der Waals surface area contributed by atoms with Gasteiger partial charge >= 0.3 is 0 Å². The van der Waals surface area contributed by atoms with E-state index in [2.05, 4.69) is 16.0 Å². The molecular formula is C19H20Cl2N4O5S. The summed E-state index contributed by atoms with van der Waals surface area (Å²) in [7, 11) is -0.852. The molecule has 12 heteroatoms. The van der Waals surface area contributed by atoms with Gasteiger partial charge in [0.05, 0.1) is 28.6 Å². The summed E-state index contributed by atoms with van der Waals surface area (Å²) in [5.74, 6) is -1.74. The quantitative estimate of drug-likeness (QED) is 0.523. The van der Waals surface area contributed by atoms with Crippen LogP contribution in [0.25, 0.3) is 0 Å². The molecule has 0 saturated heterocycles. The molecule has 0 bridgehead atoms. The van der Waals surface area contributed by atoms with Gasteiger partial charge in [0.2, 0.25) is 21.8 Å². The first-order chi connectivity index (χ1) is 14.5. The van der Waals surface area contributed by atoms with Crippen molar-refractivity contribution in [3.05, 3.63) is 58.1 Å². The Balaban J connectivity index is 1.85. The zero-order valence-corrected chi connectivity index (χ0v) is 18.9. The summed E-state index contributed by atoms with van der Waals surface area (Å²) in [5, 5.41) is 7.75. The van der Waals surface area contributed by atoms with Crippen molar-refractivity contribution >= 4 is 56.6 Å². The minimum Gasteiger partial charge on any atom is -0.345 e. The summed E-state index contributed by atoms with van der Waals surface area (Å²) in [5.41, 5.74) is 0.414. The molecule has 2 aromatic rings. The first kappa shape index (κ1) is 24.6. The Morgan fingerprint density at radius 2 is 1.61 bits per heavy atom. The van der Waals surface area contributed by atoms with E-state index in [4.69, 9.17) is 23.2 Å². The number of halogens is 2. The van der Waals surface area contributed by atoms with E-state index >= 15 is 0 Å². The van der Waals surface area contributed by atoms with Crippen molar-refractivity contribution < 1.29 is 22.8 Å². The predicted octanol–water partition coefficient (Wildman–Crippen LogP) is 1.73. The third kappa shape index (κ3) is 6.93. The van der Waals surface area contributed by atoms with Crippen molar-refractivity contribution in [3.63, 3.8) is 0 Å². The highest BCUT2D eigenvalue weighted by Crippen LogP contribution is 2.20. The number of anilines is 1. The van der Waals surface area contributed by atoms with Crippen LogP contribution in [-0.4, -0.2) is 57.6 Å². The van der Waals surface area contributed by atoms with Gasteiger partial charge in [-0.1, -0.05) is 29.3 Å². The van der Waals surface area contributed by atoms with Crippen LogP contribution < -0.4 is 16.0 Å². The van der Waals surface area contributed by atoms with Crippen LogP contribution in [0.3, 0.4) is 0 Å². The molecule has 0 unspecified atom stereocenters. The Hall–Kier alpha value is -2.66. The van der Waals surface area contributed by atoms with E-state index in [0.717, 1.165) is 4.31 Å². The molecule has 0 radical (unpaired) electrons. The minimum absolute atomic E-state index is 0.0166. The van der Waals surface area contributed by atoms with Crippen molar-refractivity contribution in [1.29, 1.82) is 0 Å². The monoisotopic (exact) mass is 486 g/mol. The SMILES string of the molecule is CN(C)S(=O)(=O)c1cccc(NC(=O)CNC(=O)CNC(=O)c2ccc(Cl)cc2Cl)c1. The van der Waals surface area contributed by atoms with Crippen molar-refractivity contribution in [2.45, 2.75) is 4.90 Å². The van der Waals surface area contributed by atoms with Crippen molar-refractivity contribution in [1.82, 2.24) is 14.9 Å². The third-order valence-electron chi connectivity index (χ3n) is 3.93. The van der Waals surface area contributed by atoms with Gasteiger partial charge in [-0.3, -0.25) is 14.4 Å². The second-order valence-corrected chi connectivity index (χ2v) is 9.44. The van der Waals surface area contributed by atoms with Crippen LogP contribution in [-0.2, 0) is 19.6 Å². The highest BCUT2D eigenvalue weighted by molar-refractivity contribution is 7.89. The van der Waals surface area contributed by atoms with Gasteiger partial charge in [0.1, 0.15) is 0 Å². The molecule has 9 nitrogen and oxygen atoms in total. The van der Waals surface area contributed by atoms with Crippen LogP contribution in [0.1, 0.15) is 10.4 Å². The number of hydrogen-bond donors (Lipinski definition) is 3. The smallest absolute Gasteiger partial charge is 0.253 e. The van der Waals surface area contributed by atoms with Gasteiger partial charge in [-0.25, -0.2) is 12.7 Å². The lowest BCUT2D eigenvalue weighted by molar-refractivity contribution is -0.123. The number of hydrogen-bond acceptors (Lipinski definition) is 5. The van der Waals surface area contributed by atoms with Crippen LogP contribution in [0.5, 0.6) is 0 Å². The van der Waals surface area contributed by atoms with E-state index in [1.807, 2.05) is 0 Å². The lowest BCUT2D eigenvalue weighted by Gasteiger charge is -2.13. The fourth-order valence-electron chi connectivity index (χ4n) is 2.32. The molecule has 3 amide bonds. The molecule has 0 fully saturated rings. The van der Waals surface area contributed by atoms with E-state index in [1.165, 1.54) is 56.6 Å². The largest absolute Gasteiger partial charge is 0.345 e. The lowest BCUT2D eigenvalue weighted by atomic mass is 10.2. The number of nitrogens with one attached hydrogen (secondary N) is 3. The van der Waals surface area contributed by atoms with Gasteiger partial charge < -0.3 is 16.0 Å². The van der Waals surface area contributed by atoms with Crippen LogP contribution in [0.15, 0.2) is 47.4 Å². The molecule has 0 aliphatic rings. The van der Waals surface area contributed by atoms with Gasteiger partial charge in [-0.2, -0.15) is 0 Å². The molecule has 0 spiro atoms. The second-order valence-electron chi connectivity index (χ2n) is 6.45. The summed E-state index contributed by atoms with van der Waals surface area (Å²) in [4.78, 5) is 36.0. The summed E-state index contributed by atoms with van der Waals surface area (Å²) in [6.07, 6.45) is 0. The highest BCUT2D eigenvalue weighted by atomic mass is 35.5. The first-order valence-electron chi connectivity index (χ1n) is 8.83. The topological polar surface area (TPSA) is 125 Å². The molecule has 166 valence electrons. The molecule has 0 atom stereocenters. The molecule has 2 rings (SSSR count). The normalized spacial score (nSPS) is 11.1. The highest BCUT2D eigenvalue weighted by Gasteiger charge is 2.18. The number of rotatable bonds is 8. The van der Waals surface area contributed by atoms with Crippen LogP contribution >= 0.6 is 23.2 Å². The maximum absolute atomic E-state index is 12.2. The molecule has 31 heavy (non-hydrogen) atoms. The number of carbonyl (C=O) groups excluding carboxylic acids is 3. The zero-order chi connectivity index (χ0) is 23.2. The lowest BCUT2D eigenvalue weighted by Crippen LogP contribution is -2.40. The Bertz CT molecular complexity index is 1110. The van der Waals surface area contributed by atoms with E-state index in [9.17, 15) is 22.8 Å². The molecule has 2 aromatic carbocycles. The predicted molar refractivity (Wildman–Crippen MR) is 118 cm³/mol.